The average Bonchev–Trinajstić information content (AvgIpc) is 2.99. The number of hydrogen-bond acceptors (Lipinski definition) is 1. The van der Waals surface area contributed by atoms with Gasteiger partial charge in [-0.3, -0.25) is 4.98 Å². The van der Waals surface area contributed by atoms with Gasteiger partial charge in [-0.05, 0) is 70.1 Å². The highest BCUT2D eigenvalue weighted by molar-refractivity contribution is 5.77. The summed E-state index contributed by atoms with van der Waals surface area (Å²) >= 11 is 0. The van der Waals surface area contributed by atoms with E-state index >= 15 is 0 Å². The fraction of sp³-hybridized carbons (Fsp3) is 0.0556. The minimum Gasteiger partial charge on any atom is -0.256 e. The molecule has 0 fully saturated rings. The maximum absolute atomic E-state index is 4.73. The first-order valence-corrected chi connectivity index (χ1v) is 13.0. The van der Waals surface area contributed by atoms with Crippen LogP contribution in [0.15, 0.2) is 146 Å². The normalized spacial score (nSPS) is 10.9. The summed E-state index contributed by atoms with van der Waals surface area (Å²) in [5, 5.41) is 0. The number of aromatic nitrogens is 2. The molecule has 2 nitrogen and oxygen atoms in total. The van der Waals surface area contributed by atoms with E-state index in [-0.39, 0.29) is 0 Å². The number of aryl methyl sites for hydroxylation is 1. The van der Waals surface area contributed by atoms with Crippen molar-refractivity contribution in [2.45, 2.75) is 6.42 Å². The van der Waals surface area contributed by atoms with E-state index in [0.717, 1.165) is 12.1 Å². The van der Waals surface area contributed by atoms with Crippen LogP contribution in [0.25, 0.3) is 44.8 Å². The van der Waals surface area contributed by atoms with Crippen molar-refractivity contribution in [3.05, 3.63) is 157 Å². The van der Waals surface area contributed by atoms with Crippen LogP contribution >= 0.6 is 0 Å². The van der Waals surface area contributed by atoms with Gasteiger partial charge in [-0.25, -0.2) is 4.57 Å². The molecule has 4 aromatic carbocycles. The zero-order valence-electron chi connectivity index (χ0n) is 21.5. The maximum Gasteiger partial charge on any atom is 0.212 e. The monoisotopic (exact) mass is 489 g/mol. The molecule has 0 aliphatic carbocycles. The lowest BCUT2D eigenvalue weighted by Crippen LogP contribution is -2.30. The molecular formula is C36H29N2+. The van der Waals surface area contributed by atoms with E-state index in [1.54, 1.807) is 0 Å². The molecule has 0 aliphatic rings. The molecule has 0 amide bonds. The minimum atomic E-state index is 0.806. The summed E-state index contributed by atoms with van der Waals surface area (Å²) in [4.78, 5) is 4.73. The Morgan fingerprint density at radius 1 is 0.526 bits per heavy atom. The molecule has 6 rings (SSSR count). The van der Waals surface area contributed by atoms with E-state index in [9.17, 15) is 0 Å². The summed E-state index contributed by atoms with van der Waals surface area (Å²) in [5.41, 5.74) is 12.0. The average molecular weight is 490 g/mol. The fourth-order valence-electron chi connectivity index (χ4n) is 5.09. The van der Waals surface area contributed by atoms with Crippen molar-refractivity contribution < 1.29 is 4.57 Å². The summed E-state index contributed by atoms with van der Waals surface area (Å²) in [6.07, 6.45) is 4.79. The van der Waals surface area contributed by atoms with Crippen LogP contribution in [0, 0.1) is 0 Å². The second-order valence-corrected chi connectivity index (χ2v) is 9.56. The summed E-state index contributed by atoms with van der Waals surface area (Å²) in [7, 11) is 2.11. The SMILES string of the molecule is C[n+]1ccccc1-c1cc(-c2ccccc2)ccc1Cc1ccc(-c2ccccc2)cc1-c1ccccn1. The number of hydrogen-bond donors (Lipinski definition) is 0. The van der Waals surface area contributed by atoms with Gasteiger partial charge in [0.2, 0.25) is 5.69 Å². The van der Waals surface area contributed by atoms with Crippen molar-refractivity contribution in [3.8, 4) is 44.8 Å². The van der Waals surface area contributed by atoms with Crippen LogP contribution in [-0.2, 0) is 13.5 Å². The third-order valence-electron chi connectivity index (χ3n) is 7.09. The molecule has 2 heterocycles. The predicted octanol–water partition coefficient (Wildman–Crippen LogP) is 8.16. The Morgan fingerprint density at radius 2 is 1.11 bits per heavy atom. The Morgan fingerprint density at radius 3 is 1.71 bits per heavy atom. The summed E-state index contributed by atoms with van der Waals surface area (Å²) in [6, 6.07) is 47.3. The molecule has 2 aromatic heterocycles. The third kappa shape index (κ3) is 4.89. The van der Waals surface area contributed by atoms with Crippen LogP contribution in [0.5, 0.6) is 0 Å². The molecule has 0 atom stereocenters. The lowest BCUT2D eigenvalue weighted by atomic mass is 9.89. The van der Waals surface area contributed by atoms with E-state index in [0.29, 0.717) is 0 Å². The Bertz CT molecular complexity index is 1670. The highest BCUT2D eigenvalue weighted by atomic mass is 14.9. The van der Waals surface area contributed by atoms with Crippen LogP contribution in [0.4, 0.5) is 0 Å². The first-order chi connectivity index (χ1) is 18.8. The Kier molecular flexibility index (Phi) is 6.61. The molecule has 0 bridgehead atoms. The largest absolute Gasteiger partial charge is 0.256 e. The Balaban J connectivity index is 1.49. The van der Waals surface area contributed by atoms with Crippen molar-refractivity contribution in [3.63, 3.8) is 0 Å². The Hall–Kier alpha value is -4.82. The second-order valence-electron chi connectivity index (χ2n) is 9.56. The van der Waals surface area contributed by atoms with Gasteiger partial charge in [0.1, 0.15) is 7.05 Å². The van der Waals surface area contributed by atoms with E-state index in [1.807, 2.05) is 12.3 Å². The van der Waals surface area contributed by atoms with Gasteiger partial charge in [0.25, 0.3) is 0 Å². The zero-order valence-corrected chi connectivity index (χ0v) is 21.5. The van der Waals surface area contributed by atoms with Gasteiger partial charge in [0.05, 0.1) is 11.3 Å². The first kappa shape index (κ1) is 23.6. The van der Waals surface area contributed by atoms with Crippen LogP contribution in [0.3, 0.4) is 0 Å². The molecule has 2 heteroatoms. The molecular weight excluding hydrogens is 460 g/mol. The van der Waals surface area contributed by atoms with Gasteiger partial charge in [0, 0.05) is 23.9 Å². The van der Waals surface area contributed by atoms with Gasteiger partial charge in [-0.2, -0.15) is 0 Å². The molecule has 0 N–H and O–H groups in total. The lowest BCUT2D eigenvalue weighted by molar-refractivity contribution is -0.660. The molecule has 0 radical (unpaired) electrons. The molecule has 0 aliphatic heterocycles. The fourth-order valence-corrected chi connectivity index (χ4v) is 5.09. The van der Waals surface area contributed by atoms with Crippen molar-refractivity contribution in [2.24, 2.45) is 7.05 Å². The summed E-state index contributed by atoms with van der Waals surface area (Å²) in [5.74, 6) is 0. The standard InChI is InChI=1S/C36H29N2/c1-38-23-11-9-17-36(38)34-26-30(28-14-6-3-7-15-28)19-21-32(34)24-31-20-18-29(27-12-4-2-5-13-27)25-33(31)35-16-8-10-22-37-35/h2-23,25-26H,24H2,1H3/q+1. The topological polar surface area (TPSA) is 16.8 Å². The smallest absolute Gasteiger partial charge is 0.212 e. The molecule has 0 spiro atoms. The van der Waals surface area contributed by atoms with E-state index in [4.69, 9.17) is 4.98 Å². The highest BCUT2D eigenvalue weighted by Crippen LogP contribution is 2.34. The van der Waals surface area contributed by atoms with Crippen molar-refractivity contribution in [1.29, 1.82) is 0 Å². The summed E-state index contributed by atoms with van der Waals surface area (Å²) in [6.45, 7) is 0. The third-order valence-corrected chi connectivity index (χ3v) is 7.09. The molecule has 0 saturated heterocycles. The van der Waals surface area contributed by atoms with Gasteiger partial charge in [-0.1, -0.05) is 91.0 Å². The molecule has 6 aromatic rings. The maximum atomic E-state index is 4.73. The second kappa shape index (κ2) is 10.7. The van der Waals surface area contributed by atoms with Crippen LogP contribution in [-0.4, -0.2) is 4.98 Å². The van der Waals surface area contributed by atoms with E-state index < -0.39 is 0 Å². The number of rotatable bonds is 6. The number of pyridine rings is 2. The summed E-state index contributed by atoms with van der Waals surface area (Å²) < 4.78 is 2.20. The minimum absolute atomic E-state index is 0.806. The first-order valence-electron chi connectivity index (χ1n) is 13.0. The molecule has 0 saturated carbocycles. The van der Waals surface area contributed by atoms with Gasteiger partial charge in [-0.15, -0.1) is 0 Å². The Labute approximate surface area is 224 Å². The molecule has 38 heavy (non-hydrogen) atoms. The van der Waals surface area contributed by atoms with E-state index in [1.165, 1.54) is 50.2 Å². The van der Waals surface area contributed by atoms with Crippen LogP contribution in [0.1, 0.15) is 11.1 Å². The van der Waals surface area contributed by atoms with Crippen molar-refractivity contribution in [2.75, 3.05) is 0 Å². The van der Waals surface area contributed by atoms with Gasteiger partial charge < -0.3 is 0 Å². The van der Waals surface area contributed by atoms with Gasteiger partial charge >= 0.3 is 0 Å². The van der Waals surface area contributed by atoms with Crippen LogP contribution in [0.2, 0.25) is 0 Å². The van der Waals surface area contributed by atoms with Crippen LogP contribution < -0.4 is 4.57 Å². The zero-order chi connectivity index (χ0) is 25.7. The number of nitrogens with zero attached hydrogens (tertiary/aromatic N) is 2. The van der Waals surface area contributed by atoms with Gasteiger partial charge in [0.15, 0.2) is 6.20 Å². The molecule has 0 unspecified atom stereocenters. The molecule has 182 valence electrons. The van der Waals surface area contributed by atoms with Crippen molar-refractivity contribution >= 4 is 0 Å². The number of benzene rings is 4. The quantitative estimate of drug-likeness (QED) is 0.216. The van der Waals surface area contributed by atoms with E-state index in [2.05, 4.69) is 145 Å². The highest BCUT2D eigenvalue weighted by Gasteiger charge is 2.17. The lowest BCUT2D eigenvalue weighted by Gasteiger charge is -2.15. The predicted molar refractivity (Wildman–Crippen MR) is 156 cm³/mol. The van der Waals surface area contributed by atoms with Crippen molar-refractivity contribution in [1.82, 2.24) is 4.98 Å².